The van der Waals surface area contributed by atoms with E-state index in [0.29, 0.717) is 25.3 Å². The number of nitrogens with zero attached hydrogens (tertiary/aromatic N) is 2. The zero-order valence-corrected chi connectivity index (χ0v) is 11.9. The highest BCUT2D eigenvalue weighted by molar-refractivity contribution is 9.10. The molecule has 1 unspecified atom stereocenters. The van der Waals surface area contributed by atoms with Crippen LogP contribution >= 0.6 is 28.6 Å². The quantitative estimate of drug-likeness (QED) is 0.804. The topological polar surface area (TPSA) is 53.3 Å². The molecule has 0 radical (unpaired) electrons. The largest absolute Gasteiger partial charge is 0.360 e. The van der Waals surface area contributed by atoms with Crippen LogP contribution < -0.4 is 0 Å². The highest BCUT2D eigenvalue weighted by Gasteiger charge is 2.25. The summed E-state index contributed by atoms with van der Waals surface area (Å²) in [6, 6.07) is 7.33. The molecule has 0 aromatic heterocycles. The lowest BCUT2D eigenvalue weighted by atomic mass is 10.1. The summed E-state index contributed by atoms with van der Waals surface area (Å²) >= 11 is 7.58. The van der Waals surface area contributed by atoms with Crippen LogP contribution in [0.15, 0.2) is 27.6 Å². The first-order chi connectivity index (χ1) is 8.61. The highest BCUT2D eigenvalue weighted by atomic mass is 79.9. The van der Waals surface area contributed by atoms with Crippen molar-refractivity contribution < 1.29 is 9.53 Å². The molecule has 2 rings (SSSR count). The molecule has 1 heterocycles. The molecule has 1 atom stereocenters. The molecule has 18 heavy (non-hydrogen) atoms. The number of nitriles is 1. The van der Waals surface area contributed by atoms with Crippen LogP contribution in [-0.2, 0) is 4.74 Å². The van der Waals surface area contributed by atoms with Crippen LogP contribution in [0.2, 0.25) is 0 Å². The third kappa shape index (κ3) is 2.86. The number of hydrogen-bond donors (Lipinski definition) is 1. The predicted octanol–water partition coefficient (Wildman–Crippen LogP) is 2.10. The lowest BCUT2D eigenvalue weighted by Gasteiger charge is -2.30. The molecule has 1 aromatic rings. The molecule has 6 heteroatoms. The van der Waals surface area contributed by atoms with Crippen LogP contribution in [0.5, 0.6) is 0 Å². The van der Waals surface area contributed by atoms with E-state index in [1.165, 1.54) is 0 Å². The van der Waals surface area contributed by atoms with E-state index in [-0.39, 0.29) is 5.91 Å². The summed E-state index contributed by atoms with van der Waals surface area (Å²) in [5, 5.41) is 8.83. The van der Waals surface area contributed by atoms with Crippen molar-refractivity contribution in [2.45, 2.75) is 11.0 Å². The minimum atomic E-state index is -0.541. The van der Waals surface area contributed by atoms with Crippen LogP contribution in [0.3, 0.4) is 0 Å². The fourth-order valence-corrected chi connectivity index (χ4v) is 2.38. The number of morpholine rings is 1. The molecule has 0 aliphatic carbocycles. The summed E-state index contributed by atoms with van der Waals surface area (Å²) in [5.74, 6) is -0.110. The molecule has 0 spiro atoms. The van der Waals surface area contributed by atoms with Crippen molar-refractivity contribution in [2.75, 3.05) is 19.7 Å². The Labute approximate surface area is 119 Å². The molecule has 4 nitrogen and oxygen atoms in total. The Bertz CT molecular complexity index is 515. The van der Waals surface area contributed by atoms with Crippen LogP contribution in [0.25, 0.3) is 0 Å². The fourth-order valence-electron chi connectivity index (χ4n) is 1.76. The Hall–Kier alpha value is -1.03. The Kier molecular flexibility index (Phi) is 4.27. The van der Waals surface area contributed by atoms with Crippen molar-refractivity contribution in [3.05, 3.63) is 28.2 Å². The summed E-state index contributed by atoms with van der Waals surface area (Å²) in [4.78, 5) is 14.7. The second-order valence-electron chi connectivity index (χ2n) is 3.90. The average molecular weight is 327 g/mol. The second kappa shape index (κ2) is 5.74. The first-order valence-corrected chi connectivity index (χ1v) is 6.65. The van der Waals surface area contributed by atoms with E-state index in [0.717, 1.165) is 9.37 Å². The normalized spacial score (nSPS) is 19.4. The van der Waals surface area contributed by atoms with Gasteiger partial charge in [0.25, 0.3) is 5.91 Å². The van der Waals surface area contributed by atoms with Crippen molar-refractivity contribution in [1.82, 2.24) is 4.90 Å². The van der Waals surface area contributed by atoms with E-state index in [2.05, 4.69) is 28.6 Å². The number of rotatable bonds is 1. The van der Waals surface area contributed by atoms with Crippen molar-refractivity contribution in [1.29, 1.82) is 5.26 Å². The Morgan fingerprint density at radius 1 is 1.61 bits per heavy atom. The van der Waals surface area contributed by atoms with Crippen LogP contribution in [0.1, 0.15) is 10.4 Å². The van der Waals surface area contributed by atoms with Gasteiger partial charge in [0.15, 0.2) is 6.10 Å². The second-order valence-corrected chi connectivity index (χ2v) is 5.27. The maximum absolute atomic E-state index is 12.3. The van der Waals surface area contributed by atoms with Crippen LogP contribution in [-0.4, -0.2) is 36.6 Å². The smallest absolute Gasteiger partial charge is 0.255 e. The third-order valence-electron chi connectivity index (χ3n) is 2.68. The number of thiol groups is 1. The molecular formula is C12H11BrN2O2S. The minimum absolute atomic E-state index is 0.110. The molecule has 0 saturated carbocycles. The first kappa shape index (κ1) is 13.4. The van der Waals surface area contributed by atoms with Gasteiger partial charge in [0.1, 0.15) is 0 Å². The molecule has 1 saturated heterocycles. The molecule has 1 aliphatic rings. The van der Waals surface area contributed by atoms with Gasteiger partial charge in [-0.25, -0.2) is 0 Å². The molecule has 0 bridgehead atoms. The lowest BCUT2D eigenvalue weighted by Crippen LogP contribution is -2.45. The minimum Gasteiger partial charge on any atom is -0.360 e. The van der Waals surface area contributed by atoms with Crippen LogP contribution in [0, 0.1) is 11.3 Å². The van der Waals surface area contributed by atoms with Crippen molar-refractivity contribution in [2.24, 2.45) is 0 Å². The van der Waals surface area contributed by atoms with Gasteiger partial charge in [-0.15, -0.1) is 12.6 Å². The standard InChI is InChI=1S/C12H11BrN2O2S/c13-11-2-1-9(18)5-10(11)12(16)15-3-4-17-8(6-14)7-15/h1-2,5,8,18H,3-4,7H2. The van der Waals surface area contributed by atoms with E-state index >= 15 is 0 Å². The zero-order valence-electron chi connectivity index (χ0n) is 9.47. The van der Waals surface area contributed by atoms with E-state index < -0.39 is 6.10 Å². The number of benzene rings is 1. The number of carbonyl (C=O) groups is 1. The fraction of sp³-hybridized carbons (Fsp3) is 0.333. The van der Waals surface area contributed by atoms with Gasteiger partial charge >= 0.3 is 0 Å². The maximum atomic E-state index is 12.3. The first-order valence-electron chi connectivity index (χ1n) is 5.41. The summed E-state index contributed by atoms with van der Waals surface area (Å²) in [5.41, 5.74) is 0.557. The highest BCUT2D eigenvalue weighted by Crippen LogP contribution is 2.22. The molecule has 1 aliphatic heterocycles. The van der Waals surface area contributed by atoms with Gasteiger partial charge in [0.05, 0.1) is 24.8 Å². The molecule has 0 N–H and O–H groups in total. The molecule has 94 valence electrons. The summed E-state index contributed by atoms with van der Waals surface area (Å²) < 4.78 is 5.94. The lowest BCUT2D eigenvalue weighted by molar-refractivity contribution is 0.00341. The maximum Gasteiger partial charge on any atom is 0.255 e. The molecule has 1 fully saturated rings. The van der Waals surface area contributed by atoms with Gasteiger partial charge in [-0.2, -0.15) is 5.26 Å². The molecule has 1 aromatic carbocycles. The number of halogens is 1. The number of amides is 1. The number of carbonyl (C=O) groups excluding carboxylic acids is 1. The van der Waals surface area contributed by atoms with E-state index in [1.54, 1.807) is 23.1 Å². The Morgan fingerprint density at radius 3 is 3.11 bits per heavy atom. The SMILES string of the molecule is N#CC1CN(C(=O)c2cc(S)ccc2Br)CCO1. The van der Waals surface area contributed by atoms with Crippen LogP contribution in [0.4, 0.5) is 0 Å². The Morgan fingerprint density at radius 2 is 2.39 bits per heavy atom. The van der Waals surface area contributed by atoms with E-state index in [1.807, 2.05) is 6.07 Å². The van der Waals surface area contributed by atoms with Gasteiger partial charge in [0.2, 0.25) is 0 Å². The van der Waals surface area contributed by atoms with Gasteiger partial charge in [-0.3, -0.25) is 4.79 Å². The Balaban J connectivity index is 2.21. The van der Waals surface area contributed by atoms with Gasteiger partial charge < -0.3 is 9.64 Å². The summed E-state index contributed by atoms with van der Waals surface area (Å²) in [6.07, 6.45) is -0.541. The third-order valence-corrected chi connectivity index (χ3v) is 3.65. The van der Waals surface area contributed by atoms with Crippen molar-refractivity contribution in [3.8, 4) is 6.07 Å². The summed E-state index contributed by atoms with van der Waals surface area (Å²) in [6.45, 7) is 1.20. The number of hydrogen-bond acceptors (Lipinski definition) is 4. The van der Waals surface area contributed by atoms with Crippen molar-refractivity contribution >= 4 is 34.5 Å². The van der Waals surface area contributed by atoms with Gasteiger partial charge in [-0.05, 0) is 34.1 Å². The number of ether oxygens (including phenoxy) is 1. The molecular weight excluding hydrogens is 316 g/mol. The monoisotopic (exact) mass is 326 g/mol. The van der Waals surface area contributed by atoms with E-state index in [4.69, 9.17) is 10.00 Å². The predicted molar refractivity (Wildman–Crippen MR) is 72.7 cm³/mol. The average Bonchev–Trinajstić information content (AvgIpc) is 2.41. The van der Waals surface area contributed by atoms with E-state index in [9.17, 15) is 4.79 Å². The molecule has 1 amide bonds. The van der Waals surface area contributed by atoms with Crippen molar-refractivity contribution in [3.63, 3.8) is 0 Å². The summed E-state index contributed by atoms with van der Waals surface area (Å²) in [7, 11) is 0. The van der Waals surface area contributed by atoms with Gasteiger partial charge in [0, 0.05) is 15.9 Å². The zero-order chi connectivity index (χ0) is 13.1. The van der Waals surface area contributed by atoms with Gasteiger partial charge in [-0.1, -0.05) is 0 Å².